The Balaban J connectivity index is 4.31. The Bertz CT molecular complexity index is 160. The zero-order valence-electron chi connectivity index (χ0n) is 9.00. The molecule has 0 aromatic heterocycles. The first-order chi connectivity index (χ1) is 6.71. The van der Waals surface area contributed by atoms with Crippen molar-refractivity contribution >= 4 is 17.5 Å². The van der Waals surface area contributed by atoms with Crippen molar-refractivity contribution < 1.29 is 9.90 Å². The Morgan fingerprint density at radius 2 is 2.00 bits per heavy atom. The van der Waals surface area contributed by atoms with Crippen molar-refractivity contribution in [2.45, 2.75) is 39.2 Å². The Labute approximate surface area is 91.0 Å². The van der Waals surface area contributed by atoms with Gasteiger partial charge in [-0.05, 0) is 12.8 Å². The molecule has 0 saturated heterocycles. The number of carbonyl (C=O) groups excluding carboxylic acids is 1. The summed E-state index contributed by atoms with van der Waals surface area (Å²) in [6, 6.07) is 0.234. The summed E-state index contributed by atoms with van der Waals surface area (Å²) in [7, 11) is 0. The number of hydrogen-bond acceptors (Lipinski definition) is 2. The highest BCUT2D eigenvalue weighted by atomic mass is 35.5. The first-order valence-electron chi connectivity index (χ1n) is 5.17. The fourth-order valence-corrected chi connectivity index (χ4v) is 1.73. The first-order valence-corrected chi connectivity index (χ1v) is 5.70. The average Bonchev–Trinajstić information content (AvgIpc) is 2.18. The Hall–Kier alpha value is -0.280. The third-order valence-corrected chi connectivity index (χ3v) is 2.54. The van der Waals surface area contributed by atoms with E-state index in [-0.39, 0.29) is 18.6 Å². The van der Waals surface area contributed by atoms with E-state index >= 15 is 0 Å². The van der Waals surface area contributed by atoms with E-state index in [4.69, 9.17) is 16.7 Å². The quantitative estimate of drug-likeness (QED) is 0.664. The minimum absolute atomic E-state index is 0.0184. The van der Waals surface area contributed by atoms with Crippen LogP contribution in [0.15, 0.2) is 0 Å². The zero-order chi connectivity index (χ0) is 11.0. The minimum Gasteiger partial charge on any atom is -0.395 e. The van der Waals surface area contributed by atoms with E-state index in [2.05, 4.69) is 0 Å². The molecule has 1 N–H and O–H groups in total. The first kappa shape index (κ1) is 13.7. The van der Waals surface area contributed by atoms with E-state index < -0.39 is 0 Å². The second kappa shape index (κ2) is 8.06. The van der Waals surface area contributed by atoms with Crippen LogP contribution < -0.4 is 0 Å². The van der Waals surface area contributed by atoms with Crippen LogP contribution in [-0.2, 0) is 4.79 Å². The predicted octanol–water partition coefficient (Wildman–Crippen LogP) is 1.62. The van der Waals surface area contributed by atoms with Crippen LogP contribution in [0.2, 0.25) is 0 Å². The standard InChI is InChI=1S/C10H20ClNO2/c1-3-9(4-2)12(7-8-13)10(14)5-6-11/h9,13H,3-8H2,1-2H3. The molecule has 0 heterocycles. The average molecular weight is 222 g/mol. The maximum absolute atomic E-state index is 11.6. The maximum atomic E-state index is 11.6. The van der Waals surface area contributed by atoms with Gasteiger partial charge in [0, 0.05) is 24.9 Å². The van der Waals surface area contributed by atoms with Gasteiger partial charge in [-0.25, -0.2) is 0 Å². The third kappa shape index (κ3) is 4.29. The fraction of sp³-hybridized carbons (Fsp3) is 0.900. The number of rotatable bonds is 7. The molecule has 1 amide bonds. The number of aliphatic hydroxyl groups is 1. The van der Waals surface area contributed by atoms with E-state index in [0.29, 0.717) is 18.8 Å². The molecule has 84 valence electrons. The molecule has 0 atom stereocenters. The number of alkyl halides is 1. The summed E-state index contributed by atoms with van der Waals surface area (Å²) in [4.78, 5) is 13.4. The number of carbonyl (C=O) groups is 1. The minimum atomic E-state index is 0.0184. The summed E-state index contributed by atoms with van der Waals surface area (Å²) < 4.78 is 0. The van der Waals surface area contributed by atoms with Crippen LogP contribution in [-0.4, -0.2) is 41.0 Å². The molecule has 0 unspecified atom stereocenters. The molecule has 0 aliphatic heterocycles. The van der Waals surface area contributed by atoms with E-state index in [0.717, 1.165) is 12.8 Å². The molecule has 0 aliphatic rings. The third-order valence-electron chi connectivity index (χ3n) is 2.35. The summed E-state index contributed by atoms with van der Waals surface area (Å²) in [6.45, 7) is 4.53. The normalized spacial score (nSPS) is 10.6. The Morgan fingerprint density at radius 3 is 2.36 bits per heavy atom. The number of hydrogen-bond donors (Lipinski definition) is 1. The van der Waals surface area contributed by atoms with Gasteiger partial charge in [-0.2, -0.15) is 0 Å². The molecule has 0 spiro atoms. The number of amides is 1. The van der Waals surface area contributed by atoms with Crippen molar-refractivity contribution in [3.8, 4) is 0 Å². The van der Waals surface area contributed by atoms with Gasteiger partial charge in [0.25, 0.3) is 0 Å². The molecular formula is C10H20ClNO2. The van der Waals surface area contributed by atoms with Crippen LogP contribution in [0.5, 0.6) is 0 Å². The lowest BCUT2D eigenvalue weighted by Crippen LogP contribution is -2.41. The lowest BCUT2D eigenvalue weighted by molar-refractivity contribution is -0.133. The van der Waals surface area contributed by atoms with Crippen LogP contribution in [0.1, 0.15) is 33.1 Å². The van der Waals surface area contributed by atoms with Gasteiger partial charge < -0.3 is 10.0 Å². The van der Waals surface area contributed by atoms with Crippen LogP contribution in [0.3, 0.4) is 0 Å². The lowest BCUT2D eigenvalue weighted by atomic mass is 10.1. The molecule has 0 aliphatic carbocycles. The van der Waals surface area contributed by atoms with Crippen molar-refractivity contribution in [1.29, 1.82) is 0 Å². The second-order valence-electron chi connectivity index (χ2n) is 3.22. The SMILES string of the molecule is CCC(CC)N(CCO)C(=O)CCCl. The summed E-state index contributed by atoms with van der Waals surface area (Å²) in [5.74, 6) is 0.392. The van der Waals surface area contributed by atoms with Gasteiger partial charge in [0.1, 0.15) is 0 Å². The van der Waals surface area contributed by atoms with E-state index in [1.165, 1.54) is 0 Å². The number of halogens is 1. The monoisotopic (exact) mass is 221 g/mol. The van der Waals surface area contributed by atoms with Crippen molar-refractivity contribution in [3.05, 3.63) is 0 Å². The Kier molecular flexibility index (Phi) is 7.90. The lowest BCUT2D eigenvalue weighted by Gasteiger charge is -2.29. The van der Waals surface area contributed by atoms with Crippen LogP contribution in [0, 0.1) is 0 Å². The van der Waals surface area contributed by atoms with Crippen LogP contribution in [0.4, 0.5) is 0 Å². The largest absolute Gasteiger partial charge is 0.395 e. The van der Waals surface area contributed by atoms with E-state index in [1.54, 1.807) is 4.90 Å². The smallest absolute Gasteiger partial charge is 0.224 e. The van der Waals surface area contributed by atoms with Crippen LogP contribution in [0.25, 0.3) is 0 Å². The van der Waals surface area contributed by atoms with Gasteiger partial charge >= 0.3 is 0 Å². The fourth-order valence-electron chi connectivity index (χ4n) is 1.57. The summed E-state index contributed by atoms with van der Waals surface area (Å²) >= 11 is 5.52. The van der Waals surface area contributed by atoms with Gasteiger partial charge in [-0.1, -0.05) is 13.8 Å². The molecule has 4 heteroatoms. The van der Waals surface area contributed by atoms with Gasteiger partial charge in [0.2, 0.25) is 5.91 Å². The number of nitrogens with zero attached hydrogens (tertiary/aromatic N) is 1. The zero-order valence-corrected chi connectivity index (χ0v) is 9.76. The van der Waals surface area contributed by atoms with Crippen LogP contribution >= 0.6 is 11.6 Å². The van der Waals surface area contributed by atoms with E-state index in [1.807, 2.05) is 13.8 Å². The topological polar surface area (TPSA) is 40.5 Å². The molecule has 0 aromatic carbocycles. The highest BCUT2D eigenvalue weighted by molar-refractivity contribution is 6.18. The summed E-state index contributed by atoms with van der Waals surface area (Å²) in [6.07, 6.45) is 2.20. The molecule has 0 bridgehead atoms. The molecular weight excluding hydrogens is 202 g/mol. The van der Waals surface area contributed by atoms with Gasteiger partial charge in [-0.3, -0.25) is 4.79 Å². The molecule has 0 aromatic rings. The molecule has 0 radical (unpaired) electrons. The van der Waals surface area contributed by atoms with Crippen molar-refractivity contribution in [2.75, 3.05) is 19.0 Å². The van der Waals surface area contributed by atoms with Crippen molar-refractivity contribution in [1.82, 2.24) is 4.90 Å². The predicted molar refractivity (Wildman–Crippen MR) is 58.5 cm³/mol. The summed E-state index contributed by atoms with van der Waals surface area (Å²) in [5, 5.41) is 8.87. The number of aliphatic hydroxyl groups excluding tert-OH is 1. The molecule has 0 rings (SSSR count). The highest BCUT2D eigenvalue weighted by Crippen LogP contribution is 2.10. The maximum Gasteiger partial charge on any atom is 0.224 e. The van der Waals surface area contributed by atoms with E-state index in [9.17, 15) is 4.79 Å². The Morgan fingerprint density at radius 1 is 1.43 bits per heavy atom. The second-order valence-corrected chi connectivity index (χ2v) is 3.60. The summed E-state index contributed by atoms with van der Waals surface area (Å²) in [5.41, 5.74) is 0. The van der Waals surface area contributed by atoms with Gasteiger partial charge in [-0.15, -0.1) is 11.6 Å². The highest BCUT2D eigenvalue weighted by Gasteiger charge is 2.19. The molecule has 0 saturated carbocycles. The molecule has 0 fully saturated rings. The molecule has 3 nitrogen and oxygen atoms in total. The van der Waals surface area contributed by atoms with Gasteiger partial charge in [0.15, 0.2) is 0 Å². The van der Waals surface area contributed by atoms with Crippen molar-refractivity contribution in [2.24, 2.45) is 0 Å². The molecule has 14 heavy (non-hydrogen) atoms. The van der Waals surface area contributed by atoms with Crippen molar-refractivity contribution in [3.63, 3.8) is 0 Å². The van der Waals surface area contributed by atoms with Gasteiger partial charge in [0.05, 0.1) is 6.61 Å².